The second-order valence-electron chi connectivity index (χ2n) is 5.69. The molecule has 110 valence electrons. The first-order valence-electron chi connectivity index (χ1n) is 5.76. The van der Waals surface area contributed by atoms with Crippen LogP contribution in [0.25, 0.3) is 0 Å². The Kier molecular flexibility index (Phi) is 3.75. The predicted molar refractivity (Wildman–Crippen MR) is 60.6 cm³/mol. The highest BCUT2D eigenvalue weighted by Crippen LogP contribution is 2.32. The number of urea groups is 1. The maximum atomic E-state index is 12.7. The van der Waals surface area contributed by atoms with Gasteiger partial charge in [0, 0.05) is 13.1 Å². The number of hydrogen-bond donors (Lipinski definition) is 2. The summed E-state index contributed by atoms with van der Waals surface area (Å²) in [5.41, 5.74) is -3.45. The Morgan fingerprint density at radius 1 is 1.32 bits per heavy atom. The maximum Gasteiger partial charge on any atom is 0.422 e. The number of aliphatic carboxylic acids is 1. The topological polar surface area (TPSA) is 69.6 Å². The van der Waals surface area contributed by atoms with Gasteiger partial charge in [-0.25, -0.2) is 9.59 Å². The van der Waals surface area contributed by atoms with Crippen molar-refractivity contribution in [3.8, 4) is 0 Å². The Bertz CT molecular complexity index is 395. The van der Waals surface area contributed by atoms with Crippen molar-refractivity contribution >= 4 is 12.0 Å². The van der Waals surface area contributed by atoms with Gasteiger partial charge < -0.3 is 15.3 Å². The number of carboxylic acid groups (broad SMARTS) is 1. The minimum absolute atomic E-state index is 0.171. The summed E-state index contributed by atoms with van der Waals surface area (Å²) in [4.78, 5) is 23.7. The highest BCUT2D eigenvalue weighted by atomic mass is 19.4. The van der Waals surface area contributed by atoms with Crippen LogP contribution in [-0.4, -0.2) is 46.8 Å². The van der Waals surface area contributed by atoms with E-state index in [4.69, 9.17) is 5.11 Å². The van der Waals surface area contributed by atoms with Gasteiger partial charge in [0.1, 0.15) is 0 Å². The molecule has 0 radical (unpaired) electrons. The first-order chi connectivity index (χ1) is 8.39. The van der Waals surface area contributed by atoms with E-state index in [1.807, 2.05) is 13.8 Å². The van der Waals surface area contributed by atoms with E-state index in [0.717, 1.165) is 0 Å². The summed E-state index contributed by atoms with van der Waals surface area (Å²) < 4.78 is 38.2. The first kappa shape index (κ1) is 15.6. The average Bonchev–Trinajstić information content (AvgIpc) is 2.56. The SMILES string of the molecule is CC1(C)CCN(C(=O)NC(C)(C(=O)O)C(F)(F)F)C1. The number of nitrogens with one attached hydrogen (secondary N) is 1. The number of carboxylic acids is 1. The number of carbonyl (C=O) groups is 2. The lowest BCUT2D eigenvalue weighted by atomic mass is 9.93. The molecule has 1 unspecified atom stereocenters. The van der Waals surface area contributed by atoms with E-state index < -0.39 is 23.7 Å². The van der Waals surface area contributed by atoms with Crippen LogP contribution in [-0.2, 0) is 4.79 Å². The van der Waals surface area contributed by atoms with Crippen LogP contribution in [0, 0.1) is 5.41 Å². The molecule has 1 aliphatic rings. The zero-order chi connectivity index (χ0) is 15.1. The standard InChI is InChI=1S/C11H17F3N2O3/c1-9(2)4-5-16(6-9)8(19)15-10(3,7(17)18)11(12,13)14/h4-6H2,1-3H3,(H,15,19)(H,17,18). The van der Waals surface area contributed by atoms with Gasteiger partial charge in [0.25, 0.3) is 0 Å². The molecular formula is C11H17F3N2O3. The normalized spacial score (nSPS) is 21.9. The molecule has 1 saturated heterocycles. The molecule has 0 aromatic carbocycles. The molecule has 19 heavy (non-hydrogen) atoms. The van der Waals surface area contributed by atoms with Gasteiger partial charge in [-0.3, -0.25) is 0 Å². The van der Waals surface area contributed by atoms with Crippen molar-refractivity contribution in [2.45, 2.75) is 38.9 Å². The molecule has 1 aliphatic heterocycles. The van der Waals surface area contributed by atoms with Crippen LogP contribution >= 0.6 is 0 Å². The molecule has 0 bridgehead atoms. The Hall–Kier alpha value is -1.47. The smallest absolute Gasteiger partial charge is 0.422 e. The Balaban J connectivity index is 2.83. The summed E-state index contributed by atoms with van der Waals surface area (Å²) in [5, 5.41) is 10.3. The van der Waals surface area contributed by atoms with E-state index in [0.29, 0.717) is 26.4 Å². The highest BCUT2D eigenvalue weighted by Gasteiger charge is 2.59. The fourth-order valence-electron chi connectivity index (χ4n) is 1.82. The molecule has 0 saturated carbocycles. The highest BCUT2D eigenvalue weighted by molar-refractivity contribution is 5.86. The molecular weight excluding hydrogens is 265 g/mol. The molecule has 0 aromatic heterocycles. The maximum absolute atomic E-state index is 12.7. The Morgan fingerprint density at radius 3 is 2.16 bits per heavy atom. The second-order valence-corrected chi connectivity index (χ2v) is 5.69. The fraction of sp³-hybridized carbons (Fsp3) is 0.818. The van der Waals surface area contributed by atoms with Gasteiger partial charge in [0.05, 0.1) is 0 Å². The van der Waals surface area contributed by atoms with Crippen LogP contribution in [0.15, 0.2) is 0 Å². The van der Waals surface area contributed by atoms with Crippen molar-refractivity contribution < 1.29 is 27.9 Å². The minimum atomic E-state index is -5.07. The second kappa shape index (κ2) is 4.57. The number of hydrogen-bond acceptors (Lipinski definition) is 2. The van der Waals surface area contributed by atoms with Crippen molar-refractivity contribution in [1.82, 2.24) is 10.2 Å². The molecule has 1 heterocycles. The van der Waals surface area contributed by atoms with Crippen LogP contribution in [0.4, 0.5) is 18.0 Å². The summed E-state index contributed by atoms with van der Waals surface area (Å²) in [6.07, 6.45) is -4.40. The zero-order valence-corrected chi connectivity index (χ0v) is 11.0. The minimum Gasteiger partial charge on any atom is -0.479 e. The van der Waals surface area contributed by atoms with Gasteiger partial charge in [-0.2, -0.15) is 13.2 Å². The molecule has 0 aromatic rings. The van der Waals surface area contributed by atoms with Crippen molar-refractivity contribution in [3.05, 3.63) is 0 Å². The van der Waals surface area contributed by atoms with Crippen LogP contribution in [0.5, 0.6) is 0 Å². The van der Waals surface area contributed by atoms with Gasteiger partial charge in [0.2, 0.25) is 5.54 Å². The van der Waals surface area contributed by atoms with Crippen LogP contribution in [0.2, 0.25) is 0 Å². The van der Waals surface area contributed by atoms with Crippen molar-refractivity contribution in [2.24, 2.45) is 5.41 Å². The molecule has 1 fully saturated rings. The van der Waals surface area contributed by atoms with Gasteiger partial charge in [-0.15, -0.1) is 0 Å². The monoisotopic (exact) mass is 282 g/mol. The third-order valence-electron chi connectivity index (χ3n) is 3.32. The molecule has 5 nitrogen and oxygen atoms in total. The molecule has 0 aliphatic carbocycles. The summed E-state index contributed by atoms with van der Waals surface area (Å²) in [5.74, 6) is -2.13. The zero-order valence-electron chi connectivity index (χ0n) is 11.0. The van der Waals surface area contributed by atoms with E-state index in [1.54, 1.807) is 5.32 Å². The van der Waals surface area contributed by atoms with Gasteiger partial charge >= 0.3 is 18.2 Å². The summed E-state index contributed by atoms with van der Waals surface area (Å²) in [7, 11) is 0. The van der Waals surface area contributed by atoms with Crippen LogP contribution < -0.4 is 5.32 Å². The van der Waals surface area contributed by atoms with Crippen LogP contribution in [0.3, 0.4) is 0 Å². The van der Waals surface area contributed by atoms with Crippen LogP contribution in [0.1, 0.15) is 27.2 Å². The van der Waals surface area contributed by atoms with E-state index in [-0.39, 0.29) is 5.41 Å². The number of carbonyl (C=O) groups excluding carboxylic acids is 1. The third kappa shape index (κ3) is 3.10. The molecule has 0 spiro atoms. The summed E-state index contributed by atoms with van der Waals surface area (Å²) >= 11 is 0. The quantitative estimate of drug-likeness (QED) is 0.812. The van der Waals surface area contributed by atoms with E-state index >= 15 is 0 Å². The van der Waals surface area contributed by atoms with Gasteiger partial charge in [-0.1, -0.05) is 13.8 Å². The van der Waals surface area contributed by atoms with Gasteiger partial charge in [-0.05, 0) is 18.8 Å². The number of likely N-dealkylation sites (tertiary alicyclic amines) is 1. The number of amides is 2. The lowest BCUT2D eigenvalue weighted by Gasteiger charge is -2.31. The van der Waals surface area contributed by atoms with E-state index in [2.05, 4.69) is 0 Å². The summed E-state index contributed by atoms with van der Waals surface area (Å²) in [6.45, 7) is 4.83. The molecule has 8 heteroatoms. The lowest BCUT2D eigenvalue weighted by molar-refractivity contribution is -0.203. The van der Waals surface area contributed by atoms with E-state index in [1.165, 1.54) is 4.90 Å². The lowest BCUT2D eigenvalue weighted by Crippen LogP contribution is -2.63. The molecule has 1 atom stereocenters. The van der Waals surface area contributed by atoms with Gasteiger partial charge in [0.15, 0.2) is 0 Å². The molecule has 2 N–H and O–H groups in total. The molecule has 2 amide bonds. The average molecular weight is 282 g/mol. The largest absolute Gasteiger partial charge is 0.479 e. The first-order valence-corrected chi connectivity index (χ1v) is 5.76. The Labute approximate surface area is 108 Å². The third-order valence-corrected chi connectivity index (χ3v) is 3.32. The number of alkyl halides is 3. The Morgan fingerprint density at radius 2 is 1.84 bits per heavy atom. The summed E-state index contributed by atoms with van der Waals surface area (Å²) in [6, 6.07) is -1.01. The van der Waals surface area contributed by atoms with Crippen molar-refractivity contribution in [3.63, 3.8) is 0 Å². The predicted octanol–water partition coefficient (Wildman–Crippen LogP) is 1.83. The van der Waals surface area contributed by atoms with Crippen molar-refractivity contribution in [2.75, 3.05) is 13.1 Å². The number of nitrogens with zero attached hydrogens (tertiary/aromatic N) is 1. The van der Waals surface area contributed by atoms with E-state index in [9.17, 15) is 22.8 Å². The molecule has 1 rings (SSSR count). The number of rotatable bonds is 2. The van der Waals surface area contributed by atoms with Crippen molar-refractivity contribution in [1.29, 1.82) is 0 Å². The fourth-order valence-corrected chi connectivity index (χ4v) is 1.82. The number of halogens is 3.